The van der Waals surface area contributed by atoms with Gasteiger partial charge in [0.1, 0.15) is 0 Å². The van der Waals surface area contributed by atoms with Crippen LogP contribution in [0.25, 0.3) is 11.3 Å². The number of benzene rings is 1. The molecule has 0 bridgehead atoms. The zero-order chi connectivity index (χ0) is 13.1. The smallest absolute Gasteiger partial charge is 0.173 e. The van der Waals surface area contributed by atoms with Gasteiger partial charge in [-0.2, -0.15) is 0 Å². The van der Waals surface area contributed by atoms with Gasteiger partial charge in [0, 0.05) is 23.5 Å². The second-order valence-electron chi connectivity index (χ2n) is 4.13. The number of hydrogen-bond donors (Lipinski definition) is 0. The summed E-state index contributed by atoms with van der Waals surface area (Å²) in [6.45, 7) is 3.89. The second-order valence-corrected chi connectivity index (χ2v) is 4.69. The molecule has 0 spiro atoms. The first kappa shape index (κ1) is 12.9. The third kappa shape index (κ3) is 2.48. The minimum atomic E-state index is 0.107. The number of ketones is 1. The summed E-state index contributed by atoms with van der Waals surface area (Å²) >= 11 is 3.21. The van der Waals surface area contributed by atoms with Crippen molar-refractivity contribution in [3.63, 3.8) is 0 Å². The van der Waals surface area contributed by atoms with Crippen molar-refractivity contribution in [1.82, 2.24) is 9.97 Å². The van der Waals surface area contributed by atoms with Gasteiger partial charge in [-0.3, -0.25) is 14.8 Å². The molecule has 1 aromatic heterocycles. The van der Waals surface area contributed by atoms with Crippen LogP contribution in [-0.2, 0) is 0 Å². The Bertz CT molecular complexity index is 559. The van der Waals surface area contributed by atoms with Crippen molar-refractivity contribution < 1.29 is 4.79 Å². The van der Waals surface area contributed by atoms with Gasteiger partial charge in [0.15, 0.2) is 5.78 Å². The van der Waals surface area contributed by atoms with Crippen molar-refractivity contribution in [3.05, 3.63) is 47.4 Å². The van der Waals surface area contributed by atoms with E-state index in [4.69, 9.17) is 0 Å². The van der Waals surface area contributed by atoms with E-state index in [1.54, 1.807) is 18.6 Å². The highest BCUT2D eigenvalue weighted by atomic mass is 79.9. The van der Waals surface area contributed by atoms with Crippen LogP contribution in [-0.4, -0.2) is 21.1 Å². The summed E-state index contributed by atoms with van der Waals surface area (Å²) in [5.74, 6) is 0.107. The number of carbonyl (C=O) groups excluding carboxylic acids is 1. The van der Waals surface area contributed by atoms with E-state index in [1.165, 1.54) is 0 Å². The van der Waals surface area contributed by atoms with Gasteiger partial charge in [0.25, 0.3) is 0 Å². The molecule has 0 atom stereocenters. The van der Waals surface area contributed by atoms with Crippen LogP contribution in [0.15, 0.2) is 30.7 Å². The van der Waals surface area contributed by atoms with E-state index in [1.807, 2.05) is 26.0 Å². The Morgan fingerprint density at radius 3 is 2.39 bits per heavy atom. The molecule has 0 fully saturated rings. The number of aromatic nitrogens is 2. The fraction of sp³-hybridized carbons (Fsp3) is 0.214. The highest BCUT2D eigenvalue weighted by Gasteiger charge is 2.13. The predicted octanol–water partition coefficient (Wildman–Crippen LogP) is 3.34. The van der Waals surface area contributed by atoms with Gasteiger partial charge in [0.2, 0.25) is 0 Å². The molecule has 0 N–H and O–H groups in total. The molecule has 4 heteroatoms. The van der Waals surface area contributed by atoms with Crippen LogP contribution < -0.4 is 0 Å². The first-order chi connectivity index (χ1) is 8.63. The Balaban J connectivity index is 2.53. The minimum Gasteiger partial charge on any atom is -0.293 e. The van der Waals surface area contributed by atoms with Gasteiger partial charge < -0.3 is 0 Å². The number of hydrogen-bond acceptors (Lipinski definition) is 3. The van der Waals surface area contributed by atoms with E-state index in [0.717, 1.165) is 27.9 Å². The summed E-state index contributed by atoms with van der Waals surface area (Å²) < 4.78 is 0. The molecule has 1 heterocycles. The van der Waals surface area contributed by atoms with Crippen LogP contribution in [0.5, 0.6) is 0 Å². The van der Waals surface area contributed by atoms with Gasteiger partial charge in [-0.1, -0.05) is 15.9 Å². The van der Waals surface area contributed by atoms with E-state index in [0.29, 0.717) is 5.33 Å². The fourth-order valence-electron chi connectivity index (χ4n) is 2.07. The SMILES string of the molecule is Cc1cc(-c2cnccn2)cc(C)c1C(=O)CBr. The van der Waals surface area contributed by atoms with Gasteiger partial charge in [0.05, 0.1) is 17.2 Å². The van der Waals surface area contributed by atoms with Crippen molar-refractivity contribution in [2.75, 3.05) is 5.33 Å². The molecular formula is C14H13BrN2O. The summed E-state index contributed by atoms with van der Waals surface area (Å²) in [6.07, 6.45) is 5.03. The first-order valence-electron chi connectivity index (χ1n) is 5.60. The highest BCUT2D eigenvalue weighted by Crippen LogP contribution is 2.24. The van der Waals surface area contributed by atoms with Crippen molar-refractivity contribution in [3.8, 4) is 11.3 Å². The van der Waals surface area contributed by atoms with Crippen molar-refractivity contribution >= 4 is 21.7 Å². The molecule has 1 aromatic carbocycles. The van der Waals surface area contributed by atoms with E-state index in [-0.39, 0.29) is 5.78 Å². The number of halogens is 1. The molecule has 18 heavy (non-hydrogen) atoms. The Labute approximate surface area is 114 Å². The summed E-state index contributed by atoms with van der Waals surface area (Å²) in [6, 6.07) is 3.96. The molecule has 0 aliphatic rings. The predicted molar refractivity (Wildman–Crippen MR) is 75.1 cm³/mol. The average molecular weight is 305 g/mol. The van der Waals surface area contributed by atoms with Crippen molar-refractivity contribution in [1.29, 1.82) is 0 Å². The summed E-state index contributed by atoms with van der Waals surface area (Å²) in [4.78, 5) is 20.2. The van der Waals surface area contributed by atoms with Crippen LogP contribution in [0.3, 0.4) is 0 Å². The van der Waals surface area contributed by atoms with Crippen LogP contribution in [0.1, 0.15) is 21.5 Å². The van der Waals surface area contributed by atoms with Crippen LogP contribution >= 0.6 is 15.9 Å². The van der Waals surface area contributed by atoms with E-state index in [2.05, 4.69) is 25.9 Å². The number of aryl methyl sites for hydroxylation is 2. The van der Waals surface area contributed by atoms with Crippen LogP contribution in [0.4, 0.5) is 0 Å². The topological polar surface area (TPSA) is 42.9 Å². The largest absolute Gasteiger partial charge is 0.293 e. The maximum atomic E-state index is 11.8. The number of alkyl halides is 1. The van der Waals surface area contributed by atoms with Crippen molar-refractivity contribution in [2.24, 2.45) is 0 Å². The molecule has 0 saturated heterocycles. The van der Waals surface area contributed by atoms with Crippen molar-refractivity contribution in [2.45, 2.75) is 13.8 Å². The Morgan fingerprint density at radius 2 is 1.89 bits per heavy atom. The molecular weight excluding hydrogens is 292 g/mol. The molecule has 2 rings (SSSR count). The summed E-state index contributed by atoms with van der Waals surface area (Å²) in [7, 11) is 0. The molecule has 0 unspecified atom stereocenters. The maximum Gasteiger partial charge on any atom is 0.173 e. The molecule has 0 aliphatic carbocycles. The molecule has 3 nitrogen and oxygen atoms in total. The molecule has 2 aromatic rings. The Kier molecular flexibility index (Phi) is 3.87. The monoisotopic (exact) mass is 304 g/mol. The van der Waals surface area contributed by atoms with Gasteiger partial charge in [-0.25, -0.2) is 0 Å². The molecule has 92 valence electrons. The highest BCUT2D eigenvalue weighted by molar-refractivity contribution is 9.09. The average Bonchev–Trinajstić information content (AvgIpc) is 2.38. The van der Waals surface area contributed by atoms with Gasteiger partial charge in [-0.15, -0.1) is 0 Å². The van der Waals surface area contributed by atoms with Gasteiger partial charge in [-0.05, 0) is 37.1 Å². The number of carbonyl (C=O) groups is 1. The van der Waals surface area contributed by atoms with E-state index >= 15 is 0 Å². The number of nitrogens with zero attached hydrogens (tertiary/aromatic N) is 2. The van der Waals surface area contributed by atoms with Crippen LogP contribution in [0.2, 0.25) is 0 Å². The third-order valence-corrected chi connectivity index (χ3v) is 3.30. The molecule has 0 aliphatic heterocycles. The zero-order valence-electron chi connectivity index (χ0n) is 10.3. The van der Waals surface area contributed by atoms with Crippen LogP contribution in [0, 0.1) is 13.8 Å². The Morgan fingerprint density at radius 1 is 1.22 bits per heavy atom. The maximum absolute atomic E-state index is 11.8. The lowest BCUT2D eigenvalue weighted by molar-refractivity contribution is 0.102. The van der Waals surface area contributed by atoms with Gasteiger partial charge >= 0.3 is 0 Å². The lowest BCUT2D eigenvalue weighted by atomic mass is 9.96. The quantitative estimate of drug-likeness (QED) is 0.645. The number of rotatable bonds is 3. The fourth-order valence-corrected chi connectivity index (χ4v) is 2.35. The molecule has 0 radical (unpaired) electrons. The summed E-state index contributed by atoms with van der Waals surface area (Å²) in [5, 5.41) is 0.346. The first-order valence-corrected chi connectivity index (χ1v) is 6.72. The minimum absolute atomic E-state index is 0.107. The lowest BCUT2D eigenvalue weighted by Crippen LogP contribution is -2.06. The number of Topliss-reactive ketones (excluding diaryl/α,β-unsaturated/α-hetero) is 1. The third-order valence-electron chi connectivity index (χ3n) is 2.79. The van der Waals surface area contributed by atoms with E-state index < -0.39 is 0 Å². The zero-order valence-corrected chi connectivity index (χ0v) is 11.9. The summed E-state index contributed by atoms with van der Waals surface area (Å²) in [5.41, 5.74) is 4.55. The molecule has 0 amide bonds. The second kappa shape index (κ2) is 5.40. The molecule has 0 saturated carbocycles. The van der Waals surface area contributed by atoms with E-state index in [9.17, 15) is 4.79 Å². The normalized spacial score (nSPS) is 10.4. The lowest BCUT2D eigenvalue weighted by Gasteiger charge is -2.10. The Hall–Kier alpha value is -1.55. The standard InChI is InChI=1S/C14H13BrN2O/c1-9-5-11(12-8-16-3-4-17-12)6-10(2)14(9)13(18)7-15/h3-6,8H,7H2,1-2H3.